The molecule has 4 heterocycles. The Bertz CT molecular complexity index is 2700. The molecule has 2 amide bonds. The fourth-order valence-corrected chi connectivity index (χ4v) is 8.55. The van der Waals surface area contributed by atoms with Crippen LogP contribution in [0.1, 0.15) is 73.5 Å². The van der Waals surface area contributed by atoms with Crippen LogP contribution < -0.4 is 31.0 Å². The summed E-state index contributed by atoms with van der Waals surface area (Å²) in [7, 11) is 1.50. The number of aromatic amines is 1. The van der Waals surface area contributed by atoms with Crippen LogP contribution in [-0.4, -0.2) is 90.6 Å². The van der Waals surface area contributed by atoms with Gasteiger partial charge in [-0.3, -0.25) is 14.5 Å². The molecule has 342 valence electrons. The number of phenolic OH excluding ortho intramolecular Hbond substituents is 1. The number of rotatable bonds is 18. The molecule has 3 saturated heterocycles. The zero-order valence-corrected chi connectivity index (χ0v) is 36.5. The summed E-state index contributed by atoms with van der Waals surface area (Å²) in [5.74, 6) is 0.491. The van der Waals surface area contributed by atoms with Crippen molar-refractivity contribution in [2.24, 2.45) is 5.92 Å². The summed E-state index contributed by atoms with van der Waals surface area (Å²) < 4.78 is 23.1. The monoisotopic (exact) mass is 895 g/mol. The number of piperidine rings is 3. The molecule has 3 atom stereocenters. The zero-order chi connectivity index (χ0) is 46.0. The molecular weight excluding hydrogens is 843 g/mol. The maximum absolute atomic E-state index is 13.2. The molecule has 3 aliphatic heterocycles. The van der Waals surface area contributed by atoms with E-state index in [0.29, 0.717) is 46.0 Å². The first-order chi connectivity index (χ1) is 32.1. The van der Waals surface area contributed by atoms with Crippen LogP contribution in [0.4, 0.5) is 4.79 Å². The predicted octanol–water partition coefficient (Wildman–Crippen LogP) is 6.14. The third-order valence-corrected chi connectivity index (χ3v) is 12.1. The number of aliphatic hydroxyl groups excluding tert-OH is 1. The highest BCUT2D eigenvalue weighted by Crippen LogP contribution is 2.32. The second kappa shape index (κ2) is 21.2. The first kappa shape index (κ1) is 45.4. The molecule has 0 saturated carbocycles. The first-order valence-electron chi connectivity index (χ1n) is 22.0. The normalized spacial score (nSPS) is 17.3. The highest BCUT2D eigenvalue weighted by molar-refractivity contribution is 5.95. The van der Waals surface area contributed by atoms with Gasteiger partial charge in [0.25, 0.3) is 5.91 Å². The van der Waals surface area contributed by atoms with Crippen molar-refractivity contribution < 1.29 is 43.5 Å². The first-order valence-corrected chi connectivity index (χ1v) is 22.0. The molecule has 5 aromatic carbocycles. The number of hydrogen-bond acceptors (Lipinski definition) is 12. The van der Waals surface area contributed by atoms with Crippen molar-refractivity contribution in [3.63, 3.8) is 0 Å². The van der Waals surface area contributed by atoms with Crippen LogP contribution in [0.5, 0.6) is 17.2 Å². The third kappa shape index (κ3) is 11.2. The van der Waals surface area contributed by atoms with Gasteiger partial charge in [-0.05, 0) is 103 Å². The quantitative estimate of drug-likeness (QED) is 0.0426. The Labute approximate surface area is 381 Å². The van der Waals surface area contributed by atoms with Gasteiger partial charge in [0.2, 0.25) is 5.56 Å². The molecule has 0 spiro atoms. The number of aliphatic hydroxyl groups is 1. The zero-order valence-electron chi connectivity index (χ0n) is 36.5. The number of amides is 2. The van der Waals surface area contributed by atoms with Gasteiger partial charge in [0.15, 0.2) is 0 Å². The van der Waals surface area contributed by atoms with E-state index in [0.717, 1.165) is 54.7 Å². The number of pyridine rings is 1. The molecule has 0 unspecified atom stereocenters. The molecule has 6 aromatic rings. The van der Waals surface area contributed by atoms with Crippen molar-refractivity contribution in [1.29, 1.82) is 0 Å². The topological polar surface area (TPSA) is 201 Å². The average molecular weight is 896 g/mol. The molecule has 3 fully saturated rings. The van der Waals surface area contributed by atoms with Gasteiger partial charge in [-0.25, -0.2) is 9.59 Å². The number of carbonyl (C=O) groups is 3. The highest BCUT2D eigenvalue weighted by Gasteiger charge is 2.37. The van der Waals surface area contributed by atoms with Crippen molar-refractivity contribution in [2.75, 3.05) is 46.4 Å². The number of alkyl carbamates (subject to hydrolysis) is 1. The molecular formula is C51H53N5O10. The van der Waals surface area contributed by atoms with Crippen LogP contribution in [-0.2, 0) is 22.6 Å². The van der Waals surface area contributed by atoms with E-state index in [2.05, 4.69) is 25.8 Å². The Balaban J connectivity index is 0.777. The molecule has 15 heteroatoms. The predicted molar refractivity (Wildman–Crippen MR) is 247 cm³/mol. The Morgan fingerprint density at radius 1 is 0.864 bits per heavy atom. The Kier molecular flexibility index (Phi) is 14.6. The van der Waals surface area contributed by atoms with Crippen LogP contribution in [0.3, 0.4) is 0 Å². The number of benzene rings is 5. The minimum atomic E-state index is -0.942. The van der Waals surface area contributed by atoms with Gasteiger partial charge < -0.3 is 50.1 Å². The molecule has 66 heavy (non-hydrogen) atoms. The number of ether oxygens (including phenoxy) is 4. The molecule has 0 aliphatic carbocycles. The fraction of sp³-hybridized carbons (Fsp3) is 0.294. The van der Waals surface area contributed by atoms with Crippen molar-refractivity contribution in [3.05, 3.63) is 171 Å². The van der Waals surface area contributed by atoms with E-state index < -0.39 is 24.2 Å². The van der Waals surface area contributed by atoms with Gasteiger partial charge >= 0.3 is 12.1 Å². The summed E-state index contributed by atoms with van der Waals surface area (Å²) in [5.41, 5.74) is 4.48. The summed E-state index contributed by atoms with van der Waals surface area (Å²) in [4.78, 5) is 55.8. The van der Waals surface area contributed by atoms with Crippen molar-refractivity contribution in [2.45, 2.75) is 44.2 Å². The van der Waals surface area contributed by atoms with Crippen LogP contribution in [0, 0.1) is 5.92 Å². The minimum Gasteiger partial charge on any atom is -0.506 e. The lowest BCUT2D eigenvalue weighted by molar-refractivity contribution is -0.0336. The van der Waals surface area contributed by atoms with Crippen molar-refractivity contribution in [3.8, 4) is 17.2 Å². The van der Waals surface area contributed by atoms with Crippen LogP contribution >= 0.6 is 0 Å². The number of fused-ring (bicyclic) bond motifs is 4. The van der Waals surface area contributed by atoms with Gasteiger partial charge in [0.1, 0.15) is 36.6 Å². The number of nitrogens with zero attached hydrogens (tertiary/aromatic N) is 1. The molecule has 6 N–H and O–H groups in total. The number of hydrogen-bond donors (Lipinski definition) is 6. The smallest absolute Gasteiger partial charge is 0.408 e. The third-order valence-electron chi connectivity index (χ3n) is 12.1. The van der Waals surface area contributed by atoms with Crippen molar-refractivity contribution in [1.82, 2.24) is 25.8 Å². The number of esters is 1. The van der Waals surface area contributed by atoms with Gasteiger partial charge in [0, 0.05) is 42.2 Å². The molecule has 2 bridgehead atoms. The number of aromatic nitrogens is 1. The van der Waals surface area contributed by atoms with Gasteiger partial charge in [-0.15, -0.1) is 0 Å². The summed E-state index contributed by atoms with van der Waals surface area (Å²) >= 11 is 0. The maximum atomic E-state index is 13.2. The summed E-state index contributed by atoms with van der Waals surface area (Å²) in [6.07, 6.45) is 0.618. The van der Waals surface area contributed by atoms with Gasteiger partial charge in [-0.2, -0.15) is 0 Å². The highest BCUT2D eigenvalue weighted by atomic mass is 16.6. The largest absolute Gasteiger partial charge is 0.506 e. The molecule has 1 aromatic heterocycles. The second-order valence-corrected chi connectivity index (χ2v) is 16.5. The Morgan fingerprint density at radius 3 is 2.39 bits per heavy atom. The van der Waals surface area contributed by atoms with E-state index >= 15 is 0 Å². The average Bonchev–Trinajstić information content (AvgIpc) is 3.35. The van der Waals surface area contributed by atoms with E-state index in [1.165, 1.54) is 19.2 Å². The van der Waals surface area contributed by atoms with Gasteiger partial charge in [-0.1, -0.05) is 66.7 Å². The summed E-state index contributed by atoms with van der Waals surface area (Å²) in [5, 5.41) is 30.6. The van der Waals surface area contributed by atoms with Crippen LogP contribution in [0.15, 0.2) is 126 Å². The van der Waals surface area contributed by atoms with E-state index in [1.807, 2.05) is 54.6 Å². The number of nitrogens with one attached hydrogen (secondary N) is 4. The Morgan fingerprint density at radius 2 is 1.64 bits per heavy atom. The lowest BCUT2D eigenvalue weighted by Gasteiger charge is -2.43. The molecule has 9 rings (SSSR count). The summed E-state index contributed by atoms with van der Waals surface area (Å²) in [6, 6.07) is 34.8. The molecule has 15 nitrogen and oxygen atoms in total. The second-order valence-electron chi connectivity index (χ2n) is 16.5. The SMILES string of the molecule is COc1cc(C(=O)NCCOC(=O)c2ccc(COc3cccc([C@@H](NC(=O)O[C@H]4CN5CCC4CC5)c4ccccc4)c3)cc2)ccc1CNC[C@H](O)c1ccc(O)c2[nH]c(=O)ccc12. The fourth-order valence-electron chi connectivity index (χ4n) is 8.55. The van der Waals surface area contributed by atoms with Crippen LogP contribution in [0.2, 0.25) is 0 Å². The standard InChI is InChI=1S/C51H53N5O10/c1-63-44-27-37(14-15-38(44)28-52-29-43(58)40-16-18-42(57)48-41(40)17-19-46(59)54-48)49(60)53-22-25-64-50(61)35-12-10-32(11-13-35)31-65-39-9-5-8-36(26-39)47(34-6-3-2-4-7-34)55-51(62)66-45-30-56-23-20-33(45)21-24-56/h2-19,26-27,33,43,45,47,52,57-58H,20-25,28-31H2,1H3,(H,53,60)(H,54,59)(H,55,62)/t43-,45-,47-/m0/s1. The van der Waals surface area contributed by atoms with E-state index in [-0.39, 0.29) is 55.1 Å². The van der Waals surface area contributed by atoms with E-state index in [1.54, 1.807) is 54.6 Å². The van der Waals surface area contributed by atoms with E-state index in [9.17, 15) is 29.4 Å². The molecule has 0 radical (unpaired) electrons. The van der Waals surface area contributed by atoms with Gasteiger partial charge in [0.05, 0.1) is 36.9 Å². The lowest BCUT2D eigenvalue weighted by Crippen LogP contribution is -2.52. The van der Waals surface area contributed by atoms with E-state index in [4.69, 9.17) is 18.9 Å². The number of carbonyl (C=O) groups excluding carboxylic acids is 3. The lowest BCUT2D eigenvalue weighted by atomic mass is 9.86. The number of phenols is 1. The minimum absolute atomic E-state index is 0.0457. The maximum Gasteiger partial charge on any atom is 0.408 e. The van der Waals surface area contributed by atoms with Crippen molar-refractivity contribution >= 4 is 28.9 Å². The number of aromatic hydroxyl groups is 1. The van der Waals surface area contributed by atoms with Crippen LogP contribution in [0.25, 0.3) is 10.9 Å². The number of H-pyrrole nitrogens is 1. The Hall–Kier alpha value is -7.20. The summed E-state index contributed by atoms with van der Waals surface area (Å²) in [6.45, 7) is 3.67. The molecule has 3 aliphatic rings. The number of methoxy groups -OCH3 is 1.